The van der Waals surface area contributed by atoms with Crippen LogP contribution in [0.25, 0.3) is 16.6 Å². The molecule has 0 aromatic carbocycles. The van der Waals surface area contributed by atoms with Crippen LogP contribution in [0.4, 0.5) is 13.2 Å². The van der Waals surface area contributed by atoms with Gasteiger partial charge in [0.15, 0.2) is 0 Å². The lowest BCUT2D eigenvalue weighted by Gasteiger charge is -2.37. The van der Waals surface area contributed by atoms with Crippen molar-refractivity contribution in [3.8, 4) is 6.07 Å². The van der Waals surface area contributed by atoms with Crippen LogP contribution in [0.5, 0.6) is 0 Å². The number of nitriles is 1. The van der Waals surface area contributed by atoms with Crippen LogP contribution >= 0.6 is 0 Å². The summed E-state index contributed by atoms with van der Waals surface area (Å²) in [5.74, 6) is 0.499. The molecule has 36 heavy (non-hydrogen) atoms. The van der Waals surface area contributed by atoms with Gasteiger partial charge in [-0.15, -0.1) is 0 Å². The average Bonchev–Trinajstić information content (AvgIpc) is 3.53. The molecule has 192 valence electrons. The number of hydrogen-bond acceptors (Lipinski definition) is 6. The fourth-order valence-electron chi connectivity index (χ4n) is 5.30. The second-order valence-electron chi connectivity index (χ2n) is 10.1. The first-order valence-electron chi connectivity index (χ1n) is 12.5. The highest BCUT2D eigenvalue weighted by Gasteiger charge is 2.48. The number of halogens is 3. The quantitative estimate of drug-likeness (QED) is 0.632. The molecule has 0 bridgehead atoms. The van der Waals surface area contributed by atoms with Gasteiger partial charge in [0.2, 0.25) is 5.82 Å². The molecule has 2 aromatic rings. The molecule has 2 aromatic heterocycles. The Balaban J connectivity index is 1.48. The van der Waals surface area contributed by atoms with Gasteiger partial charge in [0.1, 0.15) is 11.7 Å². The van der Waals surface area contributed by atoms with E-state index in [-0.39, 0.29) is 18.2 Å². The number of alkyl halides is 3. The van der Waals surface area contributed by atoms with E-state index in [1.54, 1.807) is 6.08 Å². The number of hydrogen-bond donors (Lipinski definition) is 1. The molecule has 0 saturated carbocycles. The fraction of sp³-hybridized carbons (Fsp3) is 0.577. The van der Waals surface area contributed by atoms with E-state index in [2.05, 4.69) is 15.3 Å². The summed E-state index contributed by atoms with van der Waals surface area (Å²) in [4.78, 5) is 8.71. The van der Waals surface area contributed by atoms with Gasteiger partial charge in [-0.1, -0.05) is 6.08 Å². The number of aromatic nitrogens is 3. The van der Waals surface area contributed by atoms with Gasteiger partial charge < -0.3 is 19.4 Å². The van der Waals surface area contributed by atoms with Crippen LogP contribution in [0.2, 0.25) is 0 Å². The summed E-state index contributed by atoms with van der Waals surface area (Å²) < 4.78 is 56.3. The van der Waals surface area contributed by atoms with Gasteiger partial charge in [-0.2, -0.15) is 18.4 Å². The van der Waals surface area contributed by atoms with Gasteiger partial charge in [0.25, 0.3) is 0 Å². The van der Waals surface area contributed by atoms with Crippen molar-refractivity contribution < 1.29 is 22.6 Å². The predicted molar refractivity (Wildman–Crippen MR) is 128 cm³/mol. The summed E-state index contributed by atoms with van der Waals surface area (Å²) in [5.41, 5.74) is -1.00. The lowest BCUT2D eigenvalue weighted by molar-refractivity contribution is -0.133. The average molecular weight is 502 g/mol. The lowest BCUT2D eigenvalue weighted by Crippen LogP contribution is -2.41. The highest BCUT2D eigenvalue weighted by molar-refractivity contribution is 5.92. The number of nitrogens with one attached hydrogen (secondary N) is 1. The predicted octanol–water partition coefficient (Wildman–Crippen LogP) is 4.39. The maximum atomic E-state index is 14.3. The van der Waals surface area contributed by atoms with E-state index in [1.165, 1.54) is 6.92 Å². The van der Waals surface area contributed by atoms with E-state index >= 15 is 0 Å². The summed E-state index contributed by atoms with van der Waals surface area (Å²) in [6.07, 6.45) is 2.94. The molecule has 4 heterocycles. The minimum absolute atomic E-state index is 0.0617. The van der Waals surface area contributed by atoms with Crippen LogP contribution in [0.1, 0.15) is 44.1 Å². The van der Waals surface area contributed by atoms with Gasteiger partial charge in [-0.05, 0) is 69.3 Å². The van der Waals surface area contributed by atoms with Crippen molar-refractivity contribution in [1.82, 2.24) is 19.9 Å². The first-order valence-corrected chi connectivity index (χ1v) is 12.5. The fourth-order valence-corrected chi connectivity index (χ4v) is 5.30. The molecule has 2 saturated heterocycles. The number of nitrogens with zero attached hydrogens (tertiary/aromatic N) is 4. The summed E-state index contributed by atoms with van der Waals surface area (Å²) >= 11 is 0. The van der Waals surface area contributed by atoms with Crippen molar-refractivity contribution in [1.29, 1.82) is 5.26 Å². The summed E-state index contributed by atoms with van der Waals surface area (Å²) in [6.45, 7) is 5.54. The Bertz CT molecular complexity index is 1220. The minimum atomic E-state index is -4.57. The lowest BCUT2D eigenvalue weighted by atomic mass is 9.83. The molecule has 2 aliphatic heterocycles. The molecule has 2 atom stereocenters. The van der Waals surface area contributed by atoms with Gasteiger partial charge in [0, 0.05) is 30.7 Å². The minimum Gasteiger partial charge on any atom is -0.381 e. The zero-order valence-electron chi connectivity index (χ0n) is 20.3. The second kappa shape index (κ2) is 9.96. The van der Waals surface area contributed by atoms with Crippen molar-refractivity contribution in [2.45, 2.75) is 50.9 Å². The Hall–Kier alpha value is -2.74. The number of piperidine rings is 1. The van der Waals surface area contributed by atoms with Crippen molar-refractivity contribution in [3.05, 3.63) is 41.5 Å². The molecule has 0 spiro atoms. The Labute approximate surface area is 208 Å². The number of ether oxygens (including phenoxy) is 2. The molecule has 10 heteroatoms. The summed E-state index contributed by atoms with van der Waals surface area (Å²) in [6, 6.07) is 3.77. The monoisotopic (exact) mass is 501 g/mol. The van der Waals surface area contributed by atoms with E-state index in [1.807, 2.05) is 22.9 Å². The van der Waals surface area contributed by atoms with Gasteiger partial charge in [-0.3, -0.25) is 0 Å². The maximum Gasteiger partial charge on any atom is 0.415 e. The van der Waals surface area contributed by atoms with Crippen LogP contribution in [-0.4, -0.2) is 59.2 Å². The van der Waals surface area contributed by atoms with Crippen LogP contribution in [0.15, 0.2) is 30.0 Å². The SMILES string of the molecule is CC1(OCC2CCNCC2)CC=C(c2nc(C#N)nc3c2ccn3CC2CCOC2)C=C1C(F)(F)F. The molecule has 3 aliphatic rings. The number of fused-ring (bicyclic) bond motifs is 1. The van der Waals surface area contributed by atoms with E-state index in [0.717, 1.165) is 38.4 Å². The van der Waals surface area contributed by atoms with Gasteiger partial charge in [0.05, 0.1) is 30.1 Å². The molecular weight excluding hydrogens is 471 g/mol. The van der Waals surface area contributed by atoms with Crippen molar-refractivity contribution in [3.63, 3.8) is 0 Å². The highest BCUT2D eigenvalue weighted by atomic mass is 19.4. The Kier molecular flexibility index (Phi) is 6.90. The first kappa shape index (κ1) is 24.9. The topological polar surface area (TPSA) is 85.0 Å². The zero-order chi connectivity index (χ0) is 25.3. The molecule has 1 aliphatic carbocycles. The molecule has 1 N–H and O–H groups in total. The van der Waals surface area contributed by atoms with E-state index < -0.39 is 17.4 Å². The van der Waals surface area contributed by atoms with E-state index in [4.69, 9.17) is 9.47 Å². The van der Waals surface area contributed by atoms with E-state index in [9.17, 15) is 18.4 Å². The summed E-state index contributed by atoms with van der Waals surface area (Å²) in [5, 5.41) is 13.4. The van der Waals surface area contributed by atoms with Crippen LogP contribution < -0.4 is 5.32 Å². The smallest absolute Gasteiger partial charge is 0.381 e. The summed E-state index contributed by atoms with van der Waals surface area (Å²) in [7, 11) is 0. The largest absolute Gasteiger partial charge is 0.415 e. The number of rotatable bonds is 6. The molecular formula is C26H30F3N5O2. The molecule has 2 unspecified atom stereocenters. The highest BCUT2D eigenvalue weighted by Crippen LogP contribution is 2.44. The third kappa shape index (κ3) is 5.05. The maximum absolute atomic E-state index is 14.3. The Morgan fingerprint density at radius 2 is 2.06 bits per heavy atom. The van der Waals surface area contributed by atoms with Crippen LogP contribution in [0, 0.1) is 23.2 Å². The number of allylic oxidation sites excluding steroid dienone is 2. The second-order valence-corrected chi connectivity index (χ2v) is 10.1. The normalized spacial score (nSPS) is 25.6. The third-order valence-corrected chi connectivity index (χ3v) is 7.45. The van der Waals surface area contributed by atoms with Gasteiger partial charge >= 0.3 is 6.18 Å². The molecule has 5 rings (SSSR count). The van der Waals surface area contributed by atoms with Crippen LogP contribution in [-0.2, 0) is 16.0 Å². The standard InChI is InChI=1S/C26H30F3N5O2/c1-25(36-16-17-3-8-31-9-4-17)7-2-19(12-21(25)26(27,28)29)23-20-5-10-34(14-18-6-11-35-15-18)24(20)33-22(13-30)32-23/h2,5,10,12,17-18,31H,3-4,6-9,11,14-16H2,1H3. The zero-order valence-corrected chi connectivity index (χ0v) is 20.3. The third-order valence-electron chi connectivity index (χ3n) is 7.45. The van der Waals surface area contributed by atoms with Crippen molar-refractivity contribution in [2.75, 3.05) is 32.9 Å². The Morgan fingerprint density at radius 3 is 2.75 bits per heavy atom. The first-order chi connectivity index (χ1) is 17.3. The van der Waals surface area contributed by atoms with E-state index in [0.29, 0.717) is 54.6 Å². The van der Waals surface area contributed by atoms with Gasteiger partial charge in [-0.25, -0.2) is 9.97 Å². The van der Waals surface area contributed by atoms with Crippen molar-refractivity contribution in [2.24, 2.45) is 11.8 Å². The molecule has 0 radical (unpaired) electrons. The van der Waals surface area contributed by atoms with Crippen LogP contribution in [0.3, 0.4) is 0 Å². The Morgan fingerprint density at radius 1 is 1.25 bits per heavy atom. The molecule has 2 fully saturated rings. The van der Waals surface area contributed by atoms with Crippen molar-refractivity contribution >= 4 is 16.6 Å². The molecule has 0 amide bonds. The molecule has 7 nitrogen and oxygen atoms in total.